The molecular formula is C16H23FO2. The minimum atomic E-state index is -0.405. The van der Waals surface area contributed by atoms with Crippen LogP contribution in [0.5, 0.6) is 5.75 Å². The lowest BCUT2D eigenvalue weighted by Gasteiger charge is -2.09. The molecule has 0 unspecified atom stereocenters. The zero-order valence-corrected chi connectivity index (χ0v) is 11.9. The van der Waals surface area contributed by atoms with E-state index in [0.29, 0.717) is 17.9 Å². The van der Waals surface area contributed by atoms with Crippen LogP contribution in [-0.2, 0) is 0 Å². The lowest BCUT2D eigenvalue weighted by Crippen LogP contribution is -2.03. The maximum Gasteiger partial charge on any atom is 0.163 e. The Morgan fingerprint density at radius 1 is 1.16 bits per heavy atom. The van der Waals surface area contributed by atoms with Crippen molar-refractivity contribution in [1.82, 2.24) is 0 Å². The predicted octanol–water partition coefficient (Wildman–Crippen LogP) is 4.77. The molecule has 0 amide bonds. The van der Waals surface area contributed by atoms with Crippen molar-refractivity contribution in [1.29, 1.82) is 0 Å². The molecule has 0 atom stereocenters. The van der Waals surface area contributed by atoms with Crippen LogP contribution >= 0.6 is 0 Å². The lowest BCUT2D eigenvalue weighted by atomic mass is 10.1. The smallest absolute Gasteiger partial charge is 0.163 e. The summed E-state index contributed by atoms with van der Waals surface area (Å²) in [4.78, 5) is 11.4. The van der Waals surface area contributed by atoms with Gasteiger partial charge in [-0.15, -0.1) is 0 Å². The van der Waals surface area contributed by atoms with Gasteiger partial charge in [-0.05, 0) is 31.5 Å². The van der Waals surface area contributed by atoms with Crippen LogP contribution in [-0.4, -0.2) is 12.4 Å². The maximum atomic E-state index is 13.1. The summed E-state index contributed by atoms with van der Waals surface area (Å²) >= 11 is 0. The van der Waals surface area contributed by atoms with Crippen molar-refractivity contribution in [3.63, 3.8) is 0 Å². The van der Waals surface area contributed by atoms with Crippen LogP contribution in [0.1, 0.15) is 62.7 Å². The van der Waals surface area contributed by atoms with Crippen molar-refractivity contribution >= 4 is 5.78 Å². The lowest BCUT2D eigenvalue weighted by molar-refractivity contribution is 0.101. The molecule has 0 aliphatic rings. The van der Waals surface area contributed by atoms with Gasteiger partial charge in [-0.25, -0.2) is 4.39 Å². The SMILES string of the molecule is CCCCCCCCOc1ccc(F)cc1C(C)=O. The largest absolute Gasteiger partial charge is 0.493 e. The van der Waals surface area contributed by atoms with Crippen LogP contribution in [0.15, 0.2) is 18.2 Å². The molecule has 0 N–H and O–H groups in total. The van der Waals surface area contributed by atoms with Crippen molar-refractivity contribution < 1.29 is 13.9 Å². The molecule has 0 aliphatic heterocycles. The van der Waals surface area contributed by atoms with Gasteiger partial charge in [0.05, 0.1) is 12.2 Å². The molecule has 0 heterocycles. The average Bonchev–Trinajstić information content (AvgIpc) is 2.39. The van der Waals surface area contributed by atoms with E-state index in [9.17, 15) is 9.18 Å². The topological polar surface area (TPSA) is 26.3 Å². The van der Waals surface area contributed by atoms with Gasteiger partial charge in [0.15, 0.2) is 5.78 Å². The van der Waals surface area contributed by atoms with Crippen molar-refractivity contribution in [2.45, 2.75) is 52.4 Å². The average molecular weight is 266 g/mol. The van der Waals surface area contributed by atoms with E-state index < -0.39 is 5.82 Å². The molecule has 19 heavy (non-hydrogen) atoms. The standard InChI is InChI=1S/C16H23FO2/c1-3-4-5-6-7-8-11-19-16-10-9-14(17)12-15(16)13(2)18/h9-10,12H,3-8,11H2,1-2H3. The van der Waals surface area contributed by atoms with Crippen LogP contribution in [0.3, 0.4) is 0 Å². The second kappa shape index (κ2) is 8.68. The Balaban J connectivity index is 2.35. The molecule has 0 bridgehead atoms. The summed E-state index contributed by atoms with van der Waals surface area (Å²) in [7, 11) is 0. The van der Waals surface area contributed by atoms with E-state index >= 15 is 0 Å². The number of Topliss-reactive ketones (excluding diaryl/α,β-unsaturated/α-hetero) is 1. The van der Waals surface area contributed by atoms with Gasteiger partial charge < -0.3 is 4.74 Å². The minimum Gasteiger partial charge on any atom is -0.493 e. The van der Waals surface area contributed by atoms with Crippen LogP contribution in [0, 0.1) is 5.82 Å². The van der Waals surface area contributed by atoms with Crippen molar-refractivity contribution in [2.24, 2.45) is 0 Å². The van der Waals surface area contributed by atoms with Crippen molar-refractivity contribution in [2.75, 3.05) is 6.61 Å². The van der Waals surface area contributed by atoms with Gasteiger partial charge in [0.25, 0.3) is 0 Å². The Hall–Kier alpha value is -1.38. The highest BCUT2D eigenvalue weighted by Gasteiger charge is 2.09. The molecule has 3 heteroatoms. The van der Waals surface area contributed by atoms with Crippen LogP contribution in [0.2, 0.25) is 0 Å². The maximum absolute atomic E-state index is 13.1. The minimum absolute atomic E-state index is 0.169. The van der Waals surface area contributed by atoms with Crippen molar-refractivity contribution in [3.05, 3.63) is 29.6 Å². The number of carbonyl (C=O) groups excluding carboxylic acids is 1. The molecule has 0 radical (unpaired) electrons. The molecule has 1 aromatic rings. The predicted molar refractivity (Wildman–Crippen MR) is 75.3 cm³/mol. The van der Waals surface area contributed by atoms with E-state index in [2.05, 4.69) is 6.92 Å². The number of unbranched alkanes of at least 4 members (excludes halogenated alkanes) is 5. The molecule has 0 saturated carbocycles. The summed E-state index contributed by atoms with van der Waals surface area (Å²) in [5.74, 6) is -0.0861. The zero-order chi connectivity index (χ0) is 14.1. The first-order chi connectivity index (χ1) is 9.15. The summed E-state index contributed by atoms with van der Waals surface area (Å²) in [6, 6.07) is 4.09. The Labute approximate surface area is 115 Å². The van der Waals surface area contributed by atoms with Crippen molar-refractivity contribution in [3.8, 4) is 5.75 Å². The number of halogens is 1. The third-order valence-electron chi connectivity index (χ3n) is 3.08. The van der Waals surface area contributed by atoms with Gasteiger partial charge in [0.2, 0.25) is 0 Å². The van der Waals surface area contributed by atoms with E-state index in [-0.39, 0.29) is 5.78 Å². The summed E-state index contributed by atoms with van der Waals surface area (Å²) in [5.41, 5.74) is 0.325. The number of benzene rings is 1. The summed E-state index contributed by atoms with van der Waals surface area (Å²) in [6.45, 7) is 4.20. The molecule has 1 rings (SSSR count). The normalized spacial score (nSPS) is 10.5. The van der Waals surface area contributed by atoms with Crippen LogP contribution < -0.4 is 4.74 Å². The third kappa shape index (κ3) is 5.86. The molecule has 0 aliphatic carbocycles. The summed E-state index contributed by atoms with van der Waals surface area (Å²) in [5, 5.41) is 0. The number of ether oxygens (including phenoxy) is 1. The van der Waals surface area contributed by atoms with E-state index in [1.54, 1.807) is 0 Å². The molecular weight excluding hydrogens is 243 g/mol. The Morgan fingerprint density at radius 2 is 1.84 bits per heavy atom. The number of hydrogen-bond donors (Lipinski definition) is 0. The number of carbonyl (C=O) groups is 1. The number of rotatable bonds is 9. The Kier molecular flexibility index (Phi) is 7.16. The van der Waals surface area contributed by atoms with E-state index in [4.69, 9.17) is 4.74 Å². The second-order valence-electron chi connectivity index (χ2n) is 4.81. The molecule has 0 fully saturated rings. The molecule has 0 saturated heterocycles. The summed E-state index contributed by atoms with van der Waals surface area (Å²) in [6.07, 6.45) is 7.13. The highest BCUT2D eigenvalue weighted by Crippen LogP contribution is 2.20. The van der Waals surface area contributed by atoms with Crippen LogP contribution in [0.25, 0.3) is 0 Å². The van der Waals surface area contributed by atoms with Gasteiger partial charge in [0.1, 0.15) is 11.6 Å². The fourth-order valence-corrected chi connectivity index (χ4v) is 1.97. The van der Waals surface area contributed by atoms with E-state index in [0.717, 1.165) is 12.8 Å². The first kappa shape index (κ1) is 15.7. The van der Waals surface area contributed by atoms with Gasteiger partial charge in [-0.3, -0.25) is 4.79 Å². The molecule has 0 aromatic heterocycles. The zero-order valence-electron chi connectivity index (χ0n) is 11.9. The number of hydrogen-bond acceptors (Lipinski definition) is 2. The highest BCUT2D eigenvalue weighted by atomic mass is 19.1. The first-order valence-electron chi connectivity index (χ1n) is 7.08. The first-order valence-corrected chi connectivity index (χ1v) is 7.08. The second-order valence-corrected chi connectivity index (χ2v) is 4.81. The van der Waals surface area contributed by atoms with Gasteiger partial charge >= 0.3 is 0 Å². The summed E-state index contributed by atoms with van der Waals surface area (Å²) < 4.78 is 18.6. The monoisotopic (exact) mass is 266 g/mol. The molecule has 1 aromatic carbocycles. The number of ketones is 1. The Bertz CT molecular complexity index is 402. The molecule has 106 valence electrons. The Morgan fingerprint density at radius 3 is 2.53 bits per heavy atom. The van der Waals surface area contributed by atoms with E-state index in [1.807, 2.05) is 0 Å². The van der Waals surface area contributed by atoms with E-state index in [1.165, 1.54) is 50.8 Å². The molecule has 2 nitrogen and oxygen atoms in total. The molecule has 0 spiro atoms. The van der Waals surface area contributed by atoms with Gasteiger partial charge in [-0.2, -0.15) is 0 Å². The third-order valence-corrected chi connectivity index (χ3v) is 3.08. The fourth-order valence-electron chi connectivity index (χ4n) is 1.97. The highest BCUT2D eigenvalue weighted by molar-refractivity contribution is 5.96. The van der Waals surface area contributed by atoms with Gasteiger partial charge in [-0.1, -0.05) is 39.0 Å². The fraction of sp³-hybridized carbons (Fsp3) is 0.562. The quantitative estimate of drug-likeness (QED) is 0.475. The van der Waals surface area contributed by atoms with Crippen LogP contribution in [0.4, 0.5) is 4.39 Å². The van der Waals surface area contributed by atoms with Gasteiger partial charge in [0, 0.05) is 0 Å².